The average molecular weight is 698 g/mol. The number of thiophene rings is 2. The normalized spacial score (nSPS) is 11.9. The molecule has 11 rings (SSSR count). The first kappa shape index (κ1) is 28.4. The molecular weight excluding hydrogens is 675 g/mol. The van der Waals surface area contributed by atoms with Crippen LogP contribution in [0.5, 0.6) is 0 Å². The molecule has 11 aromatic rings. The lowest BCUT2D eigenvalue weighted by molar-refractivity contribution is 0.650. The van der Waals surface area contributed by atoms with Crippen LogP contribution in [0.1, 0.15) is 0 Å². The summed E-state index contributed by atoms with van der Waals surface area (Å²) in [5.41, 5.74) is 7.79. The van der Waals surface area contributed by atoms with Crippen LogP contribution in [0.15, 0.2) is 151 Å². The van der Waals surface area contributed by atoms with Crippen molar-refractivity contribution in [3.05, 3.63) is 138 Å². The second-order valence-electron chi connectivity index (χ2n) is 12.2. The quantitative estimate of drug-likeness (QED) is 0.170. The van der Waals surface area contributed by atoms with Crippen LogP contribution in [-0.4, -0.2) is 15.2 Å². The molecule has 0 N–H and O–H groups in total. The summed E-state index contributed by atoms with van der Waals surface area (Å²) in [4.78, 5) is 9.13. The summed E-state index contributed by atoms with van der Waals surface area (Å²) in [7, 11) is 0. The van der Waals surface area contributed by atoms with E-state index >= 15 is 0 Å². The van der Waals surface area contributed by atoms with Gasteiger partial charge in [-0.25, -0.2) is 0 Å². The molecule has 6 aromatic heterocycles. The van der Waals surface area contributed by atoms with Crippen LogP contribution in [0.2, 0.25) is 0 Å². The zero-order chi connectivity index (χ0) is 33.5. The third-order valence-electron chi connectivity index (χ3n) is 9.22. The number of hydrogen-bond donors (Lipinski definition) is 0. The van der Waals surface area contributed by atoms with Crippen molar-refractivity contribution in [2.75, 3.05) is 9.80 Å². The molecule has 242 valence electrons. The molecule has 0 spiro atoms. The predicted molar refractivity (Wildman–Crippen MR) is 207 cm³/mol. The summed E-state index contributed by atoms with van der Waals surface area (Å²) >= 11 is 3.25. The Hall–Kier alpha value is -6.49. The van der Waals surface area contributed by atoms with Crippen molar-refractivity contribution in [2.24, 2.45) is 0 Å². The average Bonchev–Trinajstić information content (AvgIpc) is 4.01. The molecule has 0 radical (unpaired) electrons. The Bertz CT molecular complexity index is 2860. The van der Waals surface area contributed by atoms with Crippen molar-refractivity contribution in [2.45, 2.75) is 0 Å². The summed E-state index contributed by atoms with van der Waals surface area (Å²) in [6.45, 7) is 0. The van der Waals surface area contributed by atoms with E-state index in [4.69, 9.17) is 18.2 Å². The maximum Gasteiger partial charge on any atom is 0.258 e. The van der Waals surface area contributed by atoms with Crippen LogP contribution in [0.25, 0.3) is 66.1 Å². The number of rotatable bonds is 6. The summed E-state index contributed by atoms with van der Waals surface area (Å²) in [5, 5.41) is 20.6. The van der Waals surface area contributed by atoms with Gasteiger partial charge in [0.1, 0.15) is 32.9 Å². The zero-order valence-corrected chi connectivity index (χ0v) is 28.2. The van der Waals surface area contributed by atoms with Crippen molar-refractivity contribution < 1.29 is 13.3 Å². The number of furan rings is 3. The van der Waals surface area contributed by atoms with Gasteiger partial charge in [-0.1, -0.05) is 36.4 Å². The number of benzene rings is 5. The van der Waals surface area contributed by atoms with Gasteiger partial charge in [0, 0.05) is 39.7 Å². The minimum Gasteiger partial charge on any atom is -0.456 e. The lowest BCUT2D eigenvalue weighted by Gasteiger charge is -2.23. The highest BCUT2D eigenvalue weighted by Gasteiger charge is 2.23. The standard InChI is InChI=1S/C41H23N5O3S2/c1-3-9-32-27(7-1)29-16-13-24(21-34(29)47-32)45(37-11-5-19-50-37)25-15-18-31-36(22-25)49-40-39(31)43-44-41(42-40)46(38-12-6-20-51-38)26-14-17-30-28-8-2-4-10-33(28)48-35(30)23-26/h1-23H. The Kier molecular flexibility index (Phi) is 6.12. The van der Waals surface area contributed by atoms with Crippen LogP contribution < -0.4 is 9.80 Å². The van der Waals surface area contributed by atoms with Crippen LogP contribution >= 0.6 is 22.7 Å². The SMILES string of the molecule is c1csc(N(c2ccc3c(c2)oc2ccccc23)c2ccc3c(c2)oc2nc(N(c4ccc5c(c4)oc4ccccc45)c4cccs4)nnc23)c1. The Labute approximate surface area is 297 Å². The maximum absolute atomic E-state index is 6.46. The van der Waals surface area contributed by atoms with Gasteiger partial charge in [-0.3, -0.25) is 4.90 Å². The molecule has 51 heavy (non-hydrogen) atoms. The fourth-order valence-electron chi connectivity index (χ4n) is 6.92. The van der Waals surface area contributed by atoms with E-state index in [1.54, 1.807) is 22.7 Å². The Morgan fingerprint density at radius 1 is 0.431 bits per heavy atom. The highest BCUT2D eigenvalue weighted by Crippen LogP contribution is 2.43. The minimum absolute atomic E-state index is 0.402. The van der Waals surface area contributed by atoms with Gasteiger partial charge in [0.15, 0.2) is 5.52 Å². The van der Waals surface area contributed by atoms with Gasteiger partial charge in [-0.15, -0.1) is 32.9 Å². The lowest BCUT2D eigenvalue weighted by Crippen LogP contribution is -2.12. The second-order valence-corrected chi connectivity index (χ2v) is 14.0. The number of anilines is 6. The highest BCUT2D eigenvalue weighted by atomic mass is 32.1. The largest absolute Gasteiger partial charge is 0.456 e. The summed E-state index contributed by atoms with van der Waals surface area (Å²) in [5.74, 6) is 0.402. The molecule has 0 atom stereocenters. The fraction of sp³-hybridized carbons (Fsp3) is 0. The van der Waals surface area contributed by atoms with Gasteiger partial charge in [0.05, 0.1) is 27.4 Å². The van der Waals surface area contributed by atoms with E-state index in [2.05, 4.69) is 81.1 Å². The first-order valence-electron chi connectivity index (χ1n) is 16.3. The van der Waals surface area contributed by atoms with Gasteiger partial charge in [-0.05, 0) is 83.6 Å². The number of aromatic nitrogens is 3. The predicted octanol–water partition coefficient (Wildman–Crippen LogP) is 12.6. The highest BCUT2D eigenvalue weighted by molar-refractivity contribution is 7.14. The van der Waals surface area contributed by atoms with Crippen LogP contribution in [0.3, 0.4) is 0 Å². The van der Waals surface area contributed by atoms with E-state index in [-0.39, 0.29) is 0 Å². The molecule has 0 saturated carbocycles. The third kappa shape index (κ3) is 4.47. The van der Waals surface area contributed by atoms with E-state index in [9.17, 15) is 0 Å². The van der Waals surface area contributed by atoms with Crippen molar-refractivity contribution >= 4 is 122 Å². The van der Waals surface area contributed by atoms with E-state index in [1.807, 2.05) is 77.0 Å². The maximum atomic E-state index is 6.46. The molecule has 0 aliphatic carbocycles. The molecule has 0 unspecified atom stereocenters. The van der Waals surface area contributed by atoms with Gasteiger partial charge >= 0.3 is 0 Å². The Morgan fingerprint density at radius 2 is 0.941 bits per heavy atom. The number of para-hydroxylation sites is 2. The molecule has 0 saturated heterocycles. The summed E-state index contributed by atoms with van der Waals surface area (Å²) in [6, 6.07) is 43.1. The number of hydrogen-bond acceptors (Lipinski definition) is 10. The lowest BCUT2D eigenvalue weighted by atomic mass is 10.1. The Balaban J connectivity index is 1.02. The first-order valence-corrected chi connectivity index (χ1v) is 18.1. The molecule has 0 amide bonds. The molecule has 0 aliphatic heterocycles. The van der Waals surface area contributed by atoms with Crippen LogP contribution in [-0.2, 0) is 0 Å². The van der Waals surface area contributed by atoms with Crippen molar-refractivity contribution in [3.63, 3.8) is 0 Å². The smallest absolute Gasteiger partial charge is 0.258 e. The monoisotopic (exact) mass is 697 g/mol. The van der Waals surface area contributed by atoms with Crippen LogP contribution in [0.4, 0.5) is 33.0 Å². The van der Waals surface area contributed by atoms with Crippen molar-refractivity contribution in [3.8, 4) is 0 Å². The van der Waals surface area contributed by atoms with Crippen molar-refractivity contribution in [1.82, 2.24) is 15.2 Å². The molecule has 6 heterocycles. The molecule has 0 fully saturated rings. The van der Waals surface area contributed by atoms with E-state index in [0.717, 1.165) is 76.3 Å². The molecule has 0 aliphatic rings. The molecule has 5 aromatic carbocycles. The first-order chi connectivity index (χ1) is 25.2. The minimum atomic E-state index is 0.402. The van der Waals surface area contributed by atoms with E-state index in [0.29, 0.717) is 22.8 Å². The number of nitrogens with zero attached hydrogens (tertiary/aromatic N) is 5. The van der Waals surface area contributed by atoms with Crippen molar-refractivity contribution in [1.29, 1.82) is 0 Å². The van der Waals surface area contributed by atoms with E-state index in [1.165, 1.54) is 0 Å². The summed E-state index contributed by atoms with van der Waals surface area (Å²) in [6.07, 6.45) is 0. The Morgan fingerprint density at radius 3 is 1.53 bits per heavy atom. The topological polar surface area (TPSA) is 84.6 Å². The number of fused-ring (bicyclic) bond motifs is 9. The fourth-order valence-corrected chi connectivity index (χ4v) is 8.44. The zero-order valence-electron chi connectivity index (χ0n) is 26.6. The van der Waals surface area contributed by atoms with Gasteiger partial charge in [0.25, 0.3) is 11.7 Å². The summed E-state index contributed by atoms with van der Waals surface area (Å²) < 4.78 is 18.9. The third-order valence-corrected chi connectivity index (χ3v) is 10.9. The van der Waals surface area contributed by atoms with Gasteiger partial charge in [0.2, 0.25) is 0 Å². The van der Waals surface area contributed by atoms with E-state index < -0.39 is 0 Å². The molecule has 10 heteroatoms. The molecule has 8 nitrogen and oxygen atoms in total. The van der Waals surface area contributed by atoms with Gasteiger partial charge < -0.3 is 18.2 Å². The van der Waals surface area contributed by atoms with Crippen LogP contribution in [0, 0.1) is 0 Å². The second kappa shape index (κ2) is 11.0. The molecule has 0 bridgehead atoms. The molecular formula is C41H23N5O3S2. The van der Waals surface area contributed by atoms with Gasteiger partial charge in [-0.2, -0.15) is 4.98 Å².